The third-order valence-corrected chi connectivity index (χ3v) is 4.07. The minimum absolute atomic E-state index is 0.0790. The Hall–Kier alpha value is -2.67. The Bertz CT molecular complexity index is 873. The van der Waals surface area contributed by atoms with Gasteiger partial charge in [0.1, 0.15) is 0 Å². The fourth-order valence-electron chi connectivity index (χ4n) is 2.29. The van der Waals surface area contributed by atoms with Crippen molar-refractivity contribution in [2.45, 2.75) is 26.5 Å². The highest BCUT2D eigenvalue weighted by Crippen LogP contribution is 2.14. The maximum absolute atomic E-state index is 12.3. The van der Waals surface area contributed by atoms with Crippen molar-refractivity contribution < 1.29 is 9.53 Å². The molecule has 2 aromatic heterocycles. The molecule has 0 radical (unpaired) electrons. The van der Waals surface area contributed by atoms with Crippen molar-refractivity contribution in [3.05, 3.63) is 70.6 Å². The number of aromatic nitrogens is 3. The first kappa shape index (κ1) is 18.1. The fraction of sp³-hybridized carbons (Fsp3) is 0.211. The number of pyridine rings is 1. The van der Waals surface area contributed by atoms with E-state index in [0.717, 1.165) is 15.7 Å². The third kappa shape index (κ3) is 4.70. The molecule has 1 aromatic carbocycles. The molecule has 26 heavy (non-hydrogen) atoms. The van der Waals surface area contributed by atoms with E-state index in [9.17, 15) is 4.79 Å². The number of benzene rings is 1. The largest absolute Gasteiger partial charge is 0.475 e. The van der Waals surface area contributed by atoms with E-state index in [4.69, 9.17) is 4.74 Å². The molecule has 0 saturated carbocycles. The molecule has 0 aliphatic heterocycles. The van der Waals surface area contributed by atoms with E-state index < -0.39 is 0 Å². The molecule has 7 heteroatoms. The quantitative estimate of drug-likeness (QED) is 0.666. The van der Waals surface area contributed by atoms with Crippen molar-refractivity contribution in [1.82, 2.24) is 20.1 Å². The summed E-state index contributed by atoms with van der Waals surface area (Å²) in [7, 11) is 0. The lowest BCUT2D eigenvalue weighted by molar-refractivity contribution is 0.0951. The Morgan fingerprint density at radius 2 is 1.96 bits per heavy atom. The molecule has 0 atom stereocenters. The second-order valence-electron chi connectivity index (χ2n) is 6.00. The monoisotopic (exact) mass is 414 g/mol. The zero-order chi connectivity index (χ0) is 18.5. The number of rotatable bonds is 6. The molecule has 0 fully saturated rings. The van der Waals surface area contributed by atoms with Crippen LogP contribution in [-0.2, 0) is 6.54 Å². The molecule has 1 amide bonds. The van der Waals surface area contributed by atoms with Gasteiger partial charge in [0, 0.05) is 29.5 Å². The van der Waals surface area contributed by atoms with Crippen LogP contribution in [0.1, 0.15) is 29.8 Å². The standard InChI is InChI=1S/C19H19BrN4O2/c1-13(2)26-18-8-3-14(9-21-18)10-22-19(25)15-11-23-24(12-15)17-6-4-16(20)5-7-17/h3-9,11-13H,10H2,1-2H3,(H,22,25). The summed E-state index contributed by atoms with van der Waals surface area (Å²) >= 11 is 3.40. The summed E-state index contributed by atoms with van der Waals surface area (Å²) in [5, 5.41) is 7.11. The molecule has 0 saturated heterocycles. The molecule has 0 unspecified atom stereocenters. The molecule has 0 spiro atoms. The van der Waals surface area contributed by atoms with Gasteiger partial charge in [0.15, 0.2) is 0 Å². The maximum atomic E-state index is 12.3. The second-order valence-corrected chi connectivity index (χ2v) is 6.92. The van der Waals surface area contributed by atoms with Crippen LogP contribution in [0.3, 0.4) is 0 Å². The van der Waals surface area contributed by atoms with Crippen molar-refractivity contribution >= 4 is 21.8 Å². The van der Waals surface area contributed by atoms with E-state index in [1.807, 2.05) is 44.2 Å². The smallest absolute Gasteiger partial charge is 0.254 e. The number of halogens is 1. The van der Waals surface area contributed by atoms with Gasteiger partial charge in [-0.15, -0.1) is 0 Å². The van der Waals surface area contributed by atoms with Crippen LogP contribution < -0.4 is 10.1 Å². The first-order valence-corrected chi connectivity index (χ1v) is 9.01. The Kier molecular flexibility index (Phi) is 5.68. The van der Waals surface area contributed by atoms with Gasteiger partial charge < -0.3 is 10.1 Å². The summed E-state index contributed by atoms with van der Waals surface area (Å²) < 4.78 is 8.16. The number of hydrogen-bond acceptors (Lipinski definition) is 4. The fourth-order valence-corrected chi connectivity index (χ4v) is 2.55. The van der Waals surface area contributed by atoms with Crippen LogP contribution in [0, 0.1) is 0 Å². The Morgan fingerprint density at radius 3 is 2.62 bits per heavy atom. The minimum Gasteiger partial charge on any atom is -0.475 e. The molecule has 1 N–H and O–H groups in total. The van der Waals surface area contributed by atoms with Gasteiger partial charge >= 0.3 is 0 Å². The lowest BCUT2D eigenvalue weighted by atomic mass is 10.2. The van der Waals surface area contributed by atoms with Crippen LogP contribution in [0.5, 0.6) is 5.88 Å². The molecular formula is C19H19BrN4O2. The van der Waals surface area contributed by atoms with Gasteiger partial charge in [-0.1, -0.05) is 22.0 Å². The highest BCUT2D eigenvalue weighted by atomic mass is 79.9. The summed E-state index contributed by atoms with van der Waals surface area (Å²) in [6, 6.07) is 11.4. The third-order valence-electron chi connectivity index (χ3n) is 3.54. The predicted molar refractivity (Wildman–Crippen MR) is 102 cm³/mol. The molecule has 0 aliphatic rings. The molecular weight excluding hydrogens is 396 g/mol. The summed E-state index contributed by atoms with van der Waals surface area (Å²) in [5.41, 5.74) is 2.28. The first-order valence-electron chi connectivity index (χ1n) is 8.21. The van der Waals surface area contributed by atoms with E-state index in [1.54, 1.807) is 29.3 Å². The van der Waals surface area contributed by atoms with Gasteiger partial charge in [-0.25, -0.2) is 9.67 Å². The van der Waals surface area contributed by atoms with Crippen molar-refractivity contribution in [1.29, 1.82) is 0 Å². The van der Waals surface area contributed by atoms with Crippen molar-refractivity contribution in [3.63, 3.8) is 0 Å². The van der Waals surface area contributed by atoms with Crippen LogP contribution in [0.25, 0.3) is 5.69 Å². The van der Waals surface area contributed by atoms with Gasteiger partial charge in [-0.05, 0) is 43.7 Å². The number of carbonyl (C=O) groups is 1. The lowest BCUT2D eigenvalue weighted by Crippen LogP contribution is -2.22. The average Bonchev–Trinajstić information content (AvgIpc) is 3.11. The molecule has 0 aliphatic carbocycles. The highest BCUT2D eigenvalue weighted by molar-refractivity contribution is 9.10. The molecule has 134 valence electrons. The summed E-state index contributed by atoms with van der Waals surface area (Å²) in [6.07, 6.45) is 5.03. The number of ether oxygens (including phenoxy) is 1. The van der Waals surface area contributed by atoms with E-state index in [1.165, 1.54) is 0 Å². The Balaban J connectivity index is 1.59. The van der Waals surface area contributed by atoms with Crippen LogP contribution in [0.2, 0.25) is 0 Å². The molecule has 3 aromatic rings. The number of carbonyl (C=O) groups excluding carboxylic acids is 1. The normalized spacial score (nSPS) is 10.8. The van der Waals surface area contributed by atoms with Gasteiger partial charge in [0.25, 0.3) is 5.91 Å². The summed E-state index contributed by atoms with van der Waals surface area (Å²) in [4.78, 5) is 16.5. The predicted octanol–water partition coefficient (Wildman–Crippen LogP) is 3.75. The van der Waals surface area contributed by atoms with E-state index >= 15 is 0 Å². The number of nitrogens with zero attached hydrogens (tertiary/aromatic N) is 3. The Morgan fingerprint density at radius 1 is 1.19 bits per heavy atom. The van der Waals surface area contributed by atoms with Gasteiger partial charge in [-0.2, -0.15) is 5.10 Å². The van der Waals surface area contributed by atoms with E-state index in [2.05, 4.69) is 31.3 Å². The zero-order valence-corrected chi connectivity index (χ0v) is 16.1. The van der Waals surface area contributed by atoms with Gasteiger partial charge in [0.05, 0.1) is 23.6 Å². The first-order chi connectivity index (χ1) is 12.5. The van der Waals surface area contributed by atoms with Crippen LogP contribution >= 0.6 is 15.9 Å². The highest BCUT2D eigenvalue weighted by Gasteiger charge is 2.09. The zero-order valence-electron chi connectivity index (χ0n) is 14.5. The maximum Gasteiger partial charge on any atom is 0.254 e. The summed E-state index contributed by atoms with van der Waals surface area (Å²) in [5.74, 6) is 0.390. The van der Waals surface area contributed by atoms with Gasteiger partial charge in [-0.3, -0.25) is 4.79 Å². The molecule has 6 nitrogen and oxygen atoms in total. The van der Waals surface area contributed by atoms with Crippen LogP contribution in [0.15, 0.2) is 59.5 Å². The van der Waals surface area contributed by atoms with Crippen LogP contribution in [-0.4, -0.2) is 26.8 Å². The van der Waals surface area contributed by atoms with Crippen molar-refractivity contribution in [2.75, 3.05) is 0 Å². The topological polar surface area (TPSA) is 69.0 Å². The van der Waals surface area contributed by atoms with E-state index in [-0.39, 0.29) is 12.0 Å². The number of nitrogens with one attached hydrogen (secondary N) is 1. The number of amides is 1. The summed E-state index contributed by atoms with van der Waals surface area (Å²) in [6.45, 7) is 4.28. The van der Waals surface area contributed by atoms with Crippen molar-refractivity contribution in [2.24, 2.45) is 0 Å². The number of hydrogen-bond donors (Lipinski definition) is 1. The van der Waals surface area contributed by atoms with Crippen molar-refractivity contribution in [3.8, 4) is 11.6 Å². The second kappa shape index (κ2) is 8.14. The SMILES string of the molecule is CC(C)Oc1ccc(CNC(=O)c2cnn(-c3ccc(Br)cc3)c2)cn1. The Labute approximate surface area is 160 Å². The average molecular weight is 415 g/mol. The minimum atomic E-state index is -0.184. The molecule has 3 rings (SSSR count). The van der Waals surface area contributed by atoms with Gasteiger partial charge in [0.2, 0.25) is 5.88 Å². The molecule has 2 heterocycles. The van der Waals surface area contributed by atoms with Crippen LogP contribution in [0.4, 0.5) is 0 Å². The van der Waals surface area contributed by atoms with E-state index in [0.29, 0.717) is 18.0 Å². The molecule has 0 bridgehead atoms. The lowest BCUT2D eigenvalue weighted by Gasteiger charge is -2.09.